The number of halogens is 1. The van der Waals surface area contributed by atoms with Crippen molar-refractivity contribution in [3.8, 4) is 5.75 Å². The van der Waals surface area contributed by atoms with Crippen molar-refractivity contribution in [1.29, 1.82) is 0 Å². The summed E-state index contributed by atoms with van der Waals surface area (Å²) in [5.41, 5.74) is 1.13. The normalized spacial score (nSPS) is 11.7. The van der Waals surface area contributed by atoms with E-state index in [9.17, 15) is 14.3 Å². The first-order valence-corrected chi connectivity index (χ1v) is 5.99. The molecule has 2 N–H and O–H groups in total. The fourth-order valence-electron chi connectivity index (χ4n) is 1.81. The lowest BCUT2D eigenvalue weighted by atomic mass is 10.1. The van der Waals surface area contributed by atoms with E-state index in [2.05, 4.69) is 5.32 Å². The third-order valence-electron chi connectivity index (χ3n) is 2.80. The minimum atomic E-state index is -0.780. The van der Waals surface area contributed by atoms with E-state index in [1.54, 1.807) is 12.1 Å². The number of benzene rings is 2. The predicted molar refractivity (Wildman–Crippen MR) is 72.9 cm³/mol. The second-order valence-electron chi connectivity index (χ2n) is 4.20. The van der Waals surface area contributed by atoms with Crippen LogP contribution >= 0.6 is 0 Å². The Hall–Kier alpha value is -2.56. The molecule has 0 aliphatic carbocycles. The summed E-state index contributed by atoms with van der Waals surface area (Å²) in [6.45, 7) is 0. The second-order valence-corrected chi connectivity index (χ2v) is 4.20. The number of aromatic hydroxyl groups is 1. The minimum absolute atomic E-state index is 0.0531. The summed E-state index contributed by atoms with van der Waals surface area (Å²) in [6, 6.07) is 11.1. The third kappa shape index (κ3) is 3.26. The first-order valence-electron chi connectivity index (χ1n) is 5.99. The third-order valence-corrected chi connectivity index (χ3v) is 2.80. The first-order chi connectivity index (χ1) is 9.60. The highest BCUT2D eigenvalue weighted by Gasteiger charge is 2.21. The monoisotopic (exact) mass is 275 g/mol. The SMILES string of the molecule is COC(=O)C(Nc1ccc(F)cc1)c1cccc(O)c1. The summed E-state index contributed by atoms with van der Waals surface area (Å²) in [4.78, 5) is 11.9. The summed E-state index contributed by atoms with van der Waals surface area (Å²) in [7, 11) is 1.28. The van der Waals surface area contributed by atoms with Gasteiger partial charge in [-0.2, -0.15) is 0 Å². The minimum Gasteiger partial charge on any atom is -0.508 e. The quantitative estimate of drug-likeness (QED) is 0.842. The van der Waals surface area contributed by atoms with Gasteiger partial charge in [0.15, 0.2) is 6.04 Å². The molecule has 0 radical (unpaired) electrons. The van der Waals surface area contributed by atoms with Gasteiger partial charge in [-0.3, -0.25) is 0 Å². The van der Waals surface area contributed by atoms with Gasteiger partial charge in [-0.1, -0.05) is 12.1 Å². The molecule has 2 aromatic rings. The lowest BCUT2D eigenvalue weighted by molar-refractivity contribution is -0.141. The highest BCUT2D eigenvalue weighted by atomic mass is 19.1. The number of carbonyl (C=O) groups is 1. The van der Waals surface area contributed by atoms with Gasteiger partial charge in [0.2, 0.25) is 0 Å². The van der Waals surface area contributed by atoms with Gasteiger partial charge in [0.05, 0.1) is 7.11 Å². The van der Waals surface area contributed by atoms with Crippen LogP contribution in [0.15, 0.2) is 48.5 Å². The van der Waals surface area contributed by atoms with Crippen LogP contribution in [0, 0.1) is 5.82 Å². The number of nitrogens with one attached hydrogen (secondary N) is 1. The van der Waals surface area contributed by atoms with Crippen LogP contribution in [-0.2, 0) is 9.53 Å². The molecular weight excluding hydrogens is 261 g/mol. The van der Waals surface area contributed by atoms with Crippen LogP contribution in [0.1, 0.15) is 11.6 Å². The van der Waals surface area contributed by atoms with Crippen molar-refractivity contribution in [2.45, 2.75) is 6.04 Å². The standard InChI is InChI=1S/C15H14FNO3/c1-20-15(19)14(10-3-2-4-13(18)9-10)17-12-7-5-11(16)6-8-12/h2-9,14,17-18H,1H3. The molecule has 2 rings (SSSR count). The van der Waals surface area contributed by atoms with Crippen LogP contribution in [0.5, 0.6) is 5.75 Å². The number of phenolic OH excluding ortho intramolecular Hbond substituents is 1. The lowest BCUT2D eigenvalue weighted by Gasteiger charge is -2.18. The number of hydrogen-bond acceptors (Lipinski definition) is 4. The number of ether oxygens (including phenoxy) is 1. The van der Waals surface area contributed by atoms with Gasteiger partial charge in [-0.05, 0) is 42.0 Å². The molecule has 0 aliphatic rings. The van der Waals surface area contributed by atoms with Crippen molar-refractivity contribution in [1.82, 2.24) is 0 Å². The highest BCUT2D eigenvalue weighted by Crippen LogP contribution is 2.23. The average Bonchev–Trinajstić information content (AvgIpc) is 2.46. The Labute approximate surface area is 115 Å². The predicted octanol–water partition coefficient (Wildman–Crippen LogP) is 2.86. The van der Waals surface area contributed by atoms with Crippen molar-refractivity contribution in [2.75, 3.05) is 12.4 Å². The number of phenols is 1. The van der Waals surface area contributed by atoms with Crippen LogP contribution in [0.2, 0.25) is 0 Å². The van der Waals surface area contributed by atoms with Gasteiger partial charge in [0.1, 0.15) is 11.6 Å². The van der Waals surface area contributed by atoms with Crippen molar-refractivity contribution < 1.29 is 19.0 Å². The van der Waals surface area contributed by atoms with Crippen molar-refractivity contribution >= 4 is 11.7 Å². The summed E-state index contributed by atoms with van der Waals surface area (Å²) in [5.74, 6) is -0.806. The average molecular weight is 275 g/mol. The van der Waals surface area contributed by atoms with E-state index in [0.717, 1.165) is 0 Å². The zero-order valence-electron chi connectivity index (χ0n) is 10.8. The smallest absolute Gasteiger partial charge is 0.332 e. The Morgan fingerprint density at radius 3 is 2.55 bits per heavy atom. The van der Waals surface area contributed by atoms with Gasteiger partial charge in [0.25, 0.3) is 0 Å². The maximum atomic E-state index is 12.9. The molecule has 0 aliphatic heterocycles. The fourth-order valence-corrected chi connectivity index (χ4v) is 1.81. The summed E-state index contributed by atoms with van der Waals surface area (Å²) in [5, 5.41) is 12.4. The van der Waals surface area contributed by atoms with E-state index < -0.39 is 12.0 Å². The van der Waals surface area contributed by atoms with Gasteiger partial charge >= 0.3 is 5.97 Å². The zero-order chi connectivity index (χ0) is 14.5. The van der Waals surface area contributed by atoms with E-state index in [-0.39, 0.29) is 11.6 Å². The second kappa shape index (κ2) is 6.06. The summed E-state index contributed by atoms with van der Waals surface area (Å²) >= 11 is 0. The maximum Gasteiger partial charge on any atom is 0.332 e. The molecule has 0 spiro atoms. The molecule has 0 fully saturated rings. The molecule has 20 heavy (non-hydrogen) atoms. The Kier molecular flexibility index (Phi) is 4.20. The van der Waals surface area contributed by atoms with Gasteiger partial charge in [0, 0.05) is 5.69 Å². The van der Waals surface area contributed by atoms with Crippen molar-refractivity contribution in [3.63, 3.8) is 0 Å². The number of carbonyl (C=O) groups excluding carboxylic acids is 1. The molecule has 0 heterocycles. The molecule has 0 bridgehead atoms. The number of anilines is 1. The molecule has 4 nitrogen and oxygen atoms in total. The summed E-state index contributed by atoms with van der Waals surface area (Å²) < 4.78 is 17.6. The van der Waals surface area contributed by atoms with E-state index >= 15 is 0 Å². The van der Waals surface area contributed by atoms with Crippen LogP contribution in [0.25, 0.3) is 0 Å². The molecule has 1 unspecified atom stereocenters. The van der Waals surface area contributed by atoms with Crippen molar-refractivity contribution in [3.05, 3.63) is 59.9 Å². The van der Waals surface area contributed by atoms with E-state index in [0.29, 0.717) is 11.3 Å². The number of hydrogen-bond donors (Lipinski definition) is 2. The topological polar surface area (TPSA) is 58.6 Å². The molecule has 0 saturated carbocycles. The number of methoxy groups -OCH3 is 1. The first kappa shape index (κ1) is 13.9. The number of rotatable bonds is 4. The van der Waals surface area contributed by atoms with Crippen LogP contribution in [0.3, 0.4) is 0 Å². The molecule has 5 heteroatoms. The fraction of sp³-hybridized carbons (Fsp3) is 0.133. The Balaban J connectivity index is 2.28. The number of esters is 1. The van der Waals surface area contributed by atoms with E-state index in [1.807, 2.05) is 0 Å². The Morgan fingerprint density at radius 1 is 1.25 bits per heavy atom. The molecular formula is C15H14FNO3. The molecule has 104 valence electrons. The van der Waals surface area contributed by atoms with Gasteiger partial charge in [-0.25, -0.2) is 9.18 Å². The van der Waals surface area contributed by atoms with E-state index in [1.165, 1.54) is 43.5 Å². The largest absolute Gasteiger partial charge is 0.508 e. The lowest BCUT2D eigenvalue weighted by Crippen LogP contribution is -2.22. The van der Waals surface area contributed by atoms with Crippen LogP contribution in [-0.4, -0.2) is 18.2 Å². The Bertz CT molecular complexity index is 598. The molecule has 0 saturated heterocycles. The van der Waals surface area contributed by atoms with Gasteiger partial charge < -0.3 is 15.2 Å². The summed E-state index contributed by atoms with van der Waals surface area (Å²) in [6.07, 6.45) is 0. The molecule has 1 atom stereocenters. The highest BCUT2D eigenvalue weighted by molar-refractivity contribution is 5.81. The maximum absolute atomic E-state index is 12.9. The molecule has 0 amide bonds. The zero-order valence-corrected chi connectivity index (χ0v) is 10.8. The van der Waals surface area contributed by atoms with Crippen LogP contribution < -0.4 is 5.32 Å². The molecule has 0 aromatic heterocycles. The molecule has 2 aromatic carbocycles. The van der Waals surface area contributed by atoms with Gasteiger partial charge in [-0.15, -0.1) is 0 Å². The van der Waals surface area contributed by atoms with E-state index in [4.69, 9.17) is 4.74 Å². The Morgan fingerprint density at radius 2 is 1.95 bits per heavy atom. The van der Waals surface area contributed by atoms with Crippen LogP contribution in [0.4, 0.5) is 10.1 Å². The van der Waals surface area contributed by atoms with Crippen molar-refractivity contribution in [2.24, 2.45) is 0 Å².